The Morgan fingerprint density at radius 3 is 2.70 bits per heavy atom. The van der Waals surface area contributed by atoms with E-state index in [4.69, 9.17) is 16.3 Å². The molecule has 0 bridgehead atoms. The molecule has 6 heteroatoms. The number of carbonyl (C=O) groups is 1. The topological polar surface area (TPSA) is 66.8 Å². The summed E-state index contributed by atoms with van der Waals surface area (Å²) in [6.07, 6.45) is 1.43. The van der Waals surface area contributed by atoms with Crippen molar-refractivity contribution in [3.05, 3.63) is 45.1 Å². The number of thiophene rings is 1. The Morgan fingerprint density at radius 2 is 2.15 bits per heavy atom. The third kappa shape index (κ3) is 2.79. The number of hydrogen-bond acceptors (Lipinski definition) is 4. The predicted molar refractivity (Wildman–Crippen MR) is 79.5 cm³/mol. The molecule has 0 aliphatic heterocycles. The number of methoxy groups -OCH3 is 1. The van der Waals surface area contributed by atoms with Gasteiger partial charge in [0.15, 0.2) is 11.5 Å². The Kier molecular flexibility index (Phi) is 4.32. The van der Waals surface area contributed by atoms with E-state index in [-0.39, 0.29) is 22.1 Å². The van der Waals surface area contributed by atoms with E-state index in [0.29, 0.717) is 10.4 Å². The van der Waals surface area contributed by atoms with Crippen molar-refractivity contribution in [1.82, 2.24) is 0 Å². The van der Waals surface area contributed by atoms with Crippen molar-refractivity contribution in [3.8, 4) is 11.5 Å². The van der Waals surface area contributed by atoms with E-state index in [9.17, 15) is 15.0 Å². The minimum atomic E-state index is -1.06. The number of phenolic OH excluding ortho intramolecular Hbond substituents is 1. The van der Waals surface area contributed by atoms with Crippen LogP contribution in [0.1, 0.15) is 10.4 Å². The number of benzene rings is 1. The molecule has 1 heterocycles. The molecule has 2 rings (SSSR count). The molecule has 0 amide bonds. The summed E-state index contributed by atoms with van der Waals surface area (Å²) in [5.74, 6) is -1.03. The number of carboxylic acids is 1. The second kappa shape index (κ2) is 5.98. The number of carboxylic acid groups (broad SMARTS) is 1. The monoisotopic (exact) mass is 310 g/mol. The van der Waals surface area contributed by atoms with E-state index in [1.807, 2.05) is 0 Å². The van der Waals surface area contributed by atoms with Crippen LogP contribution in [-0.4, -0.2) is 23.3 Å². The fourth-order valence-corrected chi connectivity index (χ4v) is 2.61. The third-order valence-electron chi connectivity index (χ3n) is 2.65. The number of phenols is 1. The molecule has 1 aromatic carbocycles. The lowest BCUT2D eigenvalue weighted by Crippen LogP contribution is -1.98. The molecule has 0 aliphatic rings. The van der Waals surface area contributed by atoms with E-state index in [1.54, 1.807) is 23.6 Å². The zero-order chi connectivity index (χ0) is 14.7. The molecule has 4 nitrogen and oxygen atoms in total. The smallest absolute Gasteiger partial charge is 0.337 e. The molecule has 2 aromatic rings. The van der Waals surface area contributed by atoms with Gasteiger partial charge in [0.1, 0.15) is 0 Å². The zero-order valence-electron chi connectivity index (χ0n) is 10.5. The highest BCUT2D eigenvalue weighted by atomic mass is 35.5. The summed E-state index contributed by atoms with van der Waals surface area (Å²) in [6.45, 7) is 0. The number of aromatic hydroxyl groups is 1. The summed E-state index contributed by atoms with van der Waals surface area (Å²) in [5, 5.41) is 21.0. The van der Waals surface area contributed by atoms with Crippen LogP contribution in [0.15, 0.2) is 29.6 Å². The average molecular weight is 311 g/mol. The molecule has 0 spiro atoms. The van der Waals surface area contributed by atoms with E-state index in [1.165, 1.54) is 30.6 Å². The van der Waals surface area contributed by atoms with Crippen LogP contribution in [0.25, 0.3) is 11.6 Å². The fourth-order valence-electron chi connectivity index (χ4n) is 1.66. The summed E-state index contributed by atoms with van der Waals surface area (Å²) in [6, 6.07) is 6.60. The summed E-state index contributed by atoms with van der Waals surface area (Å²) in [5.41, 5.74) is 0.530. The minimum Gasteiger partial charge on any atom is -0.503 e. The van der Waals surface area contributed by atoms with Gasteiger partial charge in [0, 0.05) is 4.88 Å². The highest BCUT2D eigenvalue weighted by Crippen LogP contribution is 2.38. The van der Waals surface area contributed by atoms with Crippen LogP contribution in [-0.2, 0) is 4.79 Å². The van der Waals surface area contributed by atoms with Gasteiger partial charge in [-0.25, -0.2) is 4.79 Å². The van der Waals surface area contributed by atoms with Crippen molar-refractivity contribution in [3.63, 3.8) is 0 Å². The SMILES string of the molecule is COc1ccc(/C=C(\C(=O)O)c2cccs2)c(Cl)c1O. The second-order valence-corrected chi connectivity index (χ2v) is 5.19. The molecule has 20 heavy (non-hydrogen) atoms. The van der Waals surface area contributed by atoms with Crippen LogP contribution in [0.4, 0.5) is 0 Å². The first kappa shape index (κ1) is 14.4. The van der Waals surface area contributed by atoms with Crippen molar-refractivity contribution in [2.45, 2.75) is 0 Å². The number of ether oxygens (including phenoxy) is 1. The van der Waals surface area contributed by atoms with E-state index < -0.39 is 5.97 Å². The number of halogens is 1. The Bertz CT molecular complexity index is 662. The van der Waals surface area contributed by atoms with Gasteiger partial charge in [0.25, 0.3) is 0 Å². The van der Waals surface area contributed by atoms with Crippen LogP contribution in [0.2, 0.25) is 5.02 Å². The molecule has 2 N–H and O–H groups in total. The lowest BCUT2D eigenvalue weighted by molar-refractivity contribution is -0.130. The van der Waals surface area contributed by atoms with Crippen LogP contribution in [0.5, 0.6) is 11.5 Å². The molecule has 0 saturated heterocycles. The van der Waals surface area contributed by atoms with Crippen LogP contribution < -0.4 is 4.74 Å². The highest BCUT2D eigenvalue weighted by molar-refractivity contribution is 7.11. The largest absolute Gasteiger partial charge is 0.503 e. The van der Waals surface area contributed by atoms with Crippen molar-refractivity contribution in [1.29, 1.82) is 0 Å². The van der Waals surface area contributed by atoms with Gasteiger partial charge in [-0.15, -0.1) is 11.3 Å². The maximum absolute atomic E-state index is 11.3. The molecular formula is C14H11ClO4S. The van der Waals surface area contributed by atoms with E-state index >= 15 is 0 Å². The number of aliphatic carboxylic acids is 1. The van der Waals surface area contributed by atoms with Gasteiger partial charge in [-0.1, -0.05) is 17.7 Å². The van der Waals surface area contributed by atoms with E-state index in [2.05, 4.69) is 0 Å². The summed E-state index contributed by atoms with van der Waals surface area (Å²) < 4.78 is 4.94. The summed E-state index contributed by atoms with van der Waals surface area (Å²) >= 11 is 7.34. The molecule has 0 radical (unpaired) electrons. The first-order chi connectivity index (χ1) is 9.54. The summed E-state index contributed by atoms with van der Waals surface area (Å²) in [4.78, 5) is 11.9. The quantitative estimate of drug-likeness (QED) is 0.844. The van der Waals surface area contributed by atoms with Crippen LogP contribution in [0.3, 0.4) is 0 Å². The molecule has 0 fully saturated rings. The Labute approximate surface area is 124 Å². The Morgan fingerprint density at radius 1 is 1.40 bits per heavy atom. The molecule has 0 aliphatic carbocycles. The predicted octanol–water partition coefficient (Wildman–Crippen LogP) is 3.74. The van der Waals surface area contributed by atoms with Crippen LogP contribution >= 0.6 is 22.9 Å². The Balaban J connectivity index is 2.53. The Hall–Kier alpha value is -1.98. The lowest BCUT2D eigenvalue weighted by atomic mass is 10.1. The fraction of sp³-hybridized carbons (Fsp3) is 0.0714. The summed E-state index contributed by atoms with van der Waals surface area (Å²) in [7, 11) is 1.41. The molecule has 0 unspecified atom stereocenters. The highest BCUT2D eigenvalue weighted by Gasteiger charge is 2.15. The maximum Gasteiger partial charge on any atom is 0.337 e. The molecule has 104 valence electrons. The standard InChI is InChI=1S/C14H11ClO4S/c1-19-10-5-4-8(12(15)13(10)16)7-9(14(17)18)11-3-2-6-20-11/h2-7,16H,1H3,(H,17,18)/b9-7-. The van der Waals surface area contributed by atoms with E-state index in [0.717, 1.165) is 0 Å². The molecule has 0 saturated carbocycles. The van der Waals surface area contributed by atoms with Gasteiger partial charge in [0.2, 0.25) is 0 Å². The van der Waals surface area contributed by atoms with Gasteiger partial charge in [-0.2, -0.15) is 0 Å². The van der Waals surface area contributed by atoms with Gasteiger partial charge < -0.3 is 14.9 Å². The molecule has 1 aromatic heterocycles. The van der Waals surface area contributed by atoms with Crippen molar-refractivity contribution in [2.24, 2.45) is 0 Å². The van der Waals surface area contributed by atoms with Crippen molar-refractivity contribution < 1.29 is 19.7 Å². The second-order valence-electron chi connectivity index (χ2n) is 3.86. The van der Waals surface area contributed by atoms with Crippen molar-refractivity contribution >= 4 is 40.6 Å². The average Bonchev–Trinajstić information content (AvgIpc) is 2.94. The zero-order valence-corrected chi connectivity index (χ0v) is 12.0. The minimum absolute atomic E-state index is 0.0552. The first-order valence-corrected chi connectivity index (χ1v) is 6.84. The number of hydrogen-bond donors (Lipinski definition) is 2. The van der Waals surface area contributed by atoms with Crippen LogP contribution in [0, 0.1) is 0 Å². The van der Waals surface area contributed by atoms with Gasteiger partial charge >= 0.3 is 5.97 Å². The molecule has 0 atom stereocenters. The number of rotatable bonds is 4. The normalized spacial score (nSPS) is 11.4. The molecular weight excluding hydrogens is 300 g/mol. The first-order valence-electron chi connectivity index (χ1n) is 5.59. The van der Waals surface area contributed by atoms with Gasteiger partial charge in [-0.3, -0.25) is 0 Å². The lowest BCUT2D eigenvalue weighted by Gasteiger charge is -2.08. The van der Waals surface area contributed by atoms with Gasteiger partial charge in [0.05, 0.1) is 17.7 Å². The van der Waals surface area contributed by atoms with Gasteiger partial charge in [-0.05, 0) is 35.2 Å². The third-order valence-corrected chi connectivity index (χ3v) is 3.95. The van der Waals surface area contributed by atoms with Crippen molar-refractivity contribution in [2.75, 3.05) is 7.11 Å². The maximum atomic E-state index is 11.3.